The standard InChI is InChI=1S/C90H164N2O8S2/c1-7-13-19-25-31-37-43-49-55-61-69-95-83-77-81(78-84(96-70-62-56-50-44-38-32-26-20-14-8-2)87(83)99-73-65-59-53-47-41-35-29-23-17-11-5)89(93)91-67-75-101-102-76-68-92-90(94)82-79-85(97-71-63-57-51-45-39-33-27-21-15-9-3)88(100-74-66-60-54-48-42-36-30-24-18-12-6)86(80-82)98-72-64-58-52-46-40-34-28-22-16-10-4/h77-80H,7-76H2,1-6H3,(H,91,93)(H,92,94). The van der Waals surface area contributed by atoms with Gasteiger partial charge in [-0.25, -0.2) is 0 Å². The van der Waals surface area contributed by atoms with Gasteiger partial charge in [-0.1, -0.05) is 410 Å². The molecule has 0 fully saturated rings. The van der Waals surface area contributed by atoms with Gasteiger partial charge in [-0.05, 0) is 62.8 Å². The normalized spacial score (nSPS) is 11.4. The van der Waals surface area contributed by atoms with Gasteiger partial charge in [-0.3, -0.25) is 9.59 Å². The lowest BCUT2D eigenvalue weighted by atomic mass is 10.1. The van der Waals surface area contributed by atoms with Crippen LogP contribution in [0.15, 0.2) is 24.3 Å². The van der Waals surface area contributed by atoms with E-state index in [-0.39, 0.29) is 11.8 Å². The van der Waals surface area contributed by atoms with E-state index in [9.17, 15) is 9.59 Å². The predicted molar refractivity (Wildman–Crippen MR) is 447 cm³/mol. The van der Waals surface area contributed by atoms with Crippen LogP contribution in [0.25, 0.3) is 0 Å². The highest BCUT2D eigenvalue weighted by molar-refractivity contribution is 8.76. The Morgan fingerprint density at radius 3 is 0.569 bits per heavy atom. The molecule has 0 atom stereocenters. The summed E-state index contributed by atoms with van der Waals surface area (Å²) in [6.45, 7) is 18.2. The van der Waals surface area contributed by atoms with Gasteiger partial charge in [-0.15, -0.1) is 0 Å². The van der Waals surface area contributed by atoms with Crippen molar-refractivity contribution in [2.45, 2.75) is 427 Å². The van der Waals surface area contributed by atoms with Crippen LogP contribution >= 0.6 is 21.6 Å². The number of hydrogen-bond donors (Lipinski definition) is 2. The second kappa shape index (κ2) is 74.7. The summed E-state index contributed by atoms with van der Waals surface area (Å²) in [5, 5.41) is 6.42. The van der Waals surface area contributed by atoms with Crippen molar-refractivity contribution in [3.8, 4) is 34.5 Å². The summed E-state index contributed by atoms with van der Waals surface area (Å²) >= 11 is 0. The molecule has 0 bridgehead atoms. The summed E-state index contributed by atoms with van der Waals surface area (Å²) in [7, 11) is 3.42. The highest BCUT2D eigenvalue weighted by Gasteiger charge is 2.22. The molecule has 0 radical (unpaired) electrons. The molecule has 0 saturated carbocycles. The van der Waals surface area contributed by atoms with Crippen molar-refractivity contribution in [2.24, 2.45) is 0 Å². The summed E-state index contributed by atoms with van der Waals surface area (Å²) in [6.07, 6.45) is 75.7. The quantitative estimate of drug-likeness (QED) is 0.0490. The number of carbonyl (C=O) groups is 2. The Morgan fingerprint density at radius 2 is 0.392 bits per heavy atom. The first kappa shape index (κ1) is 95.0. The van der Waals surface area contributed by atoms with E-state index >= 15 is 0 Å². The van der Waals surface area contributed by atoms with Crippen LogP contribution in [0, 0.1) is 0 Å². The van der Waals surface area contributed by atoms with Crippen LogP contribution in [0.4, 0.5) is 0 Å². The van der Waals surface area contributed by atoms with Gasteiger partial charge >= 0.3 is 0 Å². The molecule has 2 aromatic carbocycles. The SMILES string of the molecule is CCCCCCCCCCCCOc1cc(C(=O)NCCSSCCNC(=O)c2cc(OCCCCCCCCCCCC)c(OCCCCCCCCCCCC)c(OCCCCCCCCCCCC)c2)cc(OCCCCCCCCCCCC)c1OCCCCCCCCCCCC. The minimum absolute atomic E-state index is 0.143. The number of amides is 2. The Kier molecular flexibility index (Phi) is 69.6. The zero-order valence-corrected chi connectivity index (χ0v) is 69.5. The fraction of sp³-hybridized carbons (Fsp3) is 0.844. The number of benzene rings is 2. The second-order valence-corrected chi connectivity index (χ2v) is 32.6. The Morgan fingerprint density at radius 1 is 0.235 bits per heavy atom. The molecule has 0 unspecified atom stereocenters. The second-order valence-electron chi connectivity index (χ2n) is 29.9. The fourth-order valence-corrected chi connectivity index (χ4v) is 15.3. The first-order chi connectivity index (χ1) is 50.4. The van der Waals surface area contributed by atoms with Gasteiger partial charge in [0, 0.05) is 35.7 Å². The van der Waals surface area contributed by atoms with E-state index in [1.54, 1.807) is 21.6 Å². The summed E-state index contributed by atoms with van der Waals surface area (Å²) in [5.74, 6) is 4.88. The lowest BCUT2D eigenvalue weighted by Gasteiger charge is -2.19. The van der Waals surface area contributed by atoms with E-state index in [1.807, 2.05) is 24.3 Å². The molecular formula is C90H164N2O8S2. The lowest BCUT2D eigenvalue weighted by Crippen LogP contribution is -2.26. The summed E-state index contributed by atoms with van der Waals surface area (Å²) in [5.41, 5.74) is 1.07. The topological polar surface area (TPSA) is 114 Å². The lowest BCUT2D eigenvalue weighted by molar-refractivity contribution is 0.0947. The molecule has 2 rings (SSSR count). The van der Waals surface area contributed by atoms with Gasteiger partial charge in [0.25, 0.3) is 11.8 Å². The summed E-state index contributed by atoms with van der Waals surface area (Å²) in [4.78, 5) is 28.3. The van der Waals surface area contributed by atoms with Crippen molar-refractivity contribution in [2.75, 3.05) is 64.2 Å². The molecule has 0 aliphatic rings. The van der Waals surface area contributed by atoms with Crippen molar-refractivity contribution >= 4 is 33.4 Å². The van der Waals surface area contributed by atoms with Crippen molar-refractivity contribution in [1.29, 1.82) is 0 Å². The van der Waals surface area contributed by atoms with E-state index in [0.29, 0.717) is 110 Å². The molecule has 102 heavy (non-hydrogen) atoms. The number of carbonyl (C=O) groups excluding carboxylic acids is 2. The zero-order valence-electron chi connectivity index (χ0n) is 67.9. The van der Waals surface area contributed by atoms with Gasteiger partial charge in [0.1, 0.15) is 0 Å². The Balaban J connectivity index is 2.19. The summed E-state index contributed by atoms with van der Waals surface area (Å²) < 4.78 is 39.8. The predicted octanol–water partition coefficient (Wildman–Crippen LogP) is 29.0. The van der Waals surface area contributed by atoms with Crippen LogP contribution in [0.5, 0.6) is 34.5 Å². The molecule has 0 heterocycles. The van der Waals surface area contributed by atoms with E-state index < -0.39 is 0 Å². The number of ether oxygens (including phenoxy) is 6. The molecule has 2 amide bonds. The van der Waals surface area contributed by atoms with E-state index in [2.05, 4.69) is 52.2 Å². The van der Waals surface area contributed by atoms with Gasteiger partial charge < -0.3 is 39.1 Å². The molecular weight excluding hydrogens is 1300 g/mol. The third kappa shape index (κ3) is 56.2. The van der Waals surface area contributed by atoms with Crippen LogP contribution in [0.1, 0.15) is 448 Å². The zero-order chi connectivity index (χ0) is 73.2. The number of rotatable bonds is 81. The smallest absolute Gasteiger partial charge is 0.251 e. The van der Waals surface area contributed by atoms with Gasteiger partial charge in [0.2, 0.25) is 11.5 Å². The van der Waals surface area contributed by atoms with Crippen LogP contribution in [0.3, 0.4) is 0 Å². The highest BCUT2D eigenvalue weighted by atomic mass is 33.1. The fourth-order valence-electron chi connectivity index (χ4n) is 13.5. The number of hydrogen-bond acceptors (Lipinski definition) is 10. The largest absolute Gasteiger partial charge is 0.490 e. The molecule has 594 valence electrons. The summed E-state index contributed by atoms with van der Waals surface area (Å²) in [6, 6.07) is 7.55. The molecule has 0 aliphatic carbocycles. The Labute approximate surface area is 639 Å². The Hall–Kier alpha value is -3.12. The van der Waals surface area contributed by atoms with Gasteiger partial charge in [0.15, 0.2) is 23.0 Å². The van der Waals surface area contributed by atoms with E-state index in [1.165, 1.54) is 308 Å². The number of nitrogens with one attached hydrogen (secondary N) is 2. The minimum Gasteiger partial charge on any atom is -0.490 e. The highest BCUT2D eigenvalue weighted by Crippen LogP contribution is 2.42. The molecule has 0 aromatic heterocycles. The van der Waals surface area contributed by atoms with Crippen LogP contribution in [-0.4, -0.2) is 76.1 Å². The van der Waals surface area contributed by atoms with E-state index in [4.69, 9.17) is 28.4 Å². The average Bonchev–Trinajstić information content (AvgIpc) is 0.830. The monoisotopic (exact) mass is 1470 g/mol. The third-order valence-electron chi connectivity index (χ3n) is 20.1. The van der Waals surface area contributed by atoms with Gasteiger partial charge in [-0.2, -0.15) is 0 Å². The first-order valence-electron chi connectivity index (χ1n) is 44.4. The van der Waals surface area contributed by atoms with Crippen molar-refractivity contribution in [3.05, 3.63) is 35.4 Å². The van der Waals surface area contributed by atoms with Crippen molar-refractivity contribution < 1.29 is 38.0 Å². The molecule has 12 heteroatoms. The maximum absolute atomic E-state index is 14.2. The van der Waals surface area contributed by atoms with Gasteiger partial charge in [0.05, 0.1) is 39.6 Å². The molecule has 0 spiro atoms. The average molecular weight is 1470 g/mol. The van der Waals surface area contributed by atoms with Crippen LogP contribution < -0.4 is 39.1 Å². The molecule has 2 N–H and O–H groups in total. The minimum atomic E-state index is -0.143. The number of unbranched alkanes of at least 4 members (excludes halogenated alkanes) is 54. The molecule has 0 saturated heterocycles. The maximum Gasteiger partial charge on any atom is 0.251 e. The molecule has 2 aromatic rings. The van der Waals surface area contributed by atoms with Crippen molar-refractivity contribution in [3.63, 3.8) is 0 Å². The first-order valence-corrected chi connectivity index (χ1v) is 46.9. The van der Waals surface area contributed by atoms with Crippen molar-refractivity contribution in [1.82, 2.24) is 10.6 Å². The molecule has 10 nitrogen and oxygen atoms in total. The Bertz CT molecular complexity index is 1900. The maximum atomic E-state index is 14.2. The van der Waals surface area contributed by atoms with Crippen LogP contribution in [-0.2, 0) is 0 Å². The van der Waals surface area contributed by atoms with Crippen LogP contribution in [0.2, 0.25) is 0 Å². The third-order valence-corrected chi connectivity index (χ3v) is 22.5. The van der Waals surface area contributed by atoms with E-state index in [0.717, 1.165) is 77.0 Å². The molecule has 0 aliphatic heterocycles.